The van der Waals surface area contributed by atoms with Crippen molar-refractivity contribution in [1.29, 1.82) is 0 Å². The van der Waals surface area contributed by atoms with Crippen LogP contribution in [0.25, 0.3) is 0 Å². The Bertz CT molecular complexity index is 2090. The Morgan fingerprint density at radius 3 is 2.30 bits per heavy atom. The Labute approximate surface area is 442 Å². The van der Waals surface area contributed by atoms with Gasteiger partial charge in [0, 0.05) is 60.7 Å². The topological polar surface area (TPSA) is 243 Å². The summed E-state index contributed by atoms with van der Waals surface area (Å²) in [5.74, 6) is -4.15. The number of cyclic esters (lactones) is 1. The molecule has 3 saturated carbocycles. The molecule has 0 spiro atoms. The number of esters is 1. The second-order valence-electron chi connectivity index (χ2n) is 24.9. The van der Waals surface area contributed by atoms with Crippen LogP contribution in [-0.2, 0) is 42.4 Å². The van der Waals surface area contributed by atoms with Gasteiger partial charge in [-0.05, 0) is 128 Å². The van der Waals surface area contributed by atoms with Crippen molar-refractivity contribution in [2.45, 2.75) is 231 Å². The van der Waals surface area contributed by atoms with Gasteiger partial charge in [0.05, 0.1) is 66.6 Å². The van der Waals surface area contributed by atoms with E-state index < -0.39 is 124 Å². The number of hydrogen-bond donors (Lipinski definition) is 7. The number of carbonyl (C=O) groups is 3. The molecule has 74 heavy (non-hydrogen) atoms. The van der Waals surface area contributed by atoms with E-state index >= 15 is 4.39 Å². The van der Waals surface area contributed by atoms with Gasteiger partial charge in [0.25, 0.3) is 5.91 Å². The molecule has 3 unspecified atom stereocenters. The predicted molar refractivity (Wildman–Crippen MR) is 270 cm³/mol. The summed E-state index contributed by atoms with van der Waals surface area (Å²) in [7, 11) is 0. The number of aliphatic hydroxyl groups is 6. The molecule has 0 bridgehead atoms. The van der Waals surface area contributed by atoms with Gasteiger partial charge in [0.1, 0.15) is 29.6 Å². The Morgan fingerprint density at radius 1 is 0.905 bits per heavy atom. The number of alkyl halides is 1. The van der Waals surface area contributed by atoms with E-state index in [9.17, 15) is 45.0 Å². The van der Waals surface area contributed by atoms with Gasteiger partial charge in [0.15, 0.2) is 18.4 Å². The minimum Gasteiger partial charge on any atom is -0.465 e. The molecule has 7 rings (SSSR count). The van der Waals surface area contributed by atoms with Crippen LogP contribution in [-0.4, -0.2) is 170 Å². The lowest BCUT2D eigenvalue weighted by atomic mass is 9.39. The van der Waals surface area contributed by atoms with Gasteiger partial charge < -0.3 is 59.6 Å². The van der Waals surface area contributed by atoms with Crippen molar-refractivity contribution in [2.75, 3.05) is 26.2 Å². The fourth-order valence-electron chi connectivity index (χ4n) is 14.9. The molecule has 3 saturated heterocycles. The van der Waals surface area contributed by atoms with Crippen LogP contribution in [0.15, 0.2) is 23.8 Å². The maximum atomic E-state index is 16.1. The molecule has 3 aliphatic heterocycles. The Hall–Kier alpha value is -2.17. The number of hydrogen-bond acceptors (Lipinski definition) is 16. The number of nitrogens with zero attached hydrogens (tertiary/aromatic N) is 1. The number of carbonyl (C=O) groups excluding carboxylic acids is 3. The monoisotopic (exact) mass is 1070 g/mol. The number of amides is 1. The SMILES string of the molecule is C[C@H]1CN(CCCNC(=O)[C@@]2(O)CCC3C4C[C@H](F)C5=CC(=O)C=C[C@]5(C)[C@@]4(C)C(O)C[C@@]32C)[C@H](C)[C@@H](O)CCOC(=O)[C@H](C)[C@@H](O[C@H]2C[C@@](C)(OCl)[C@@H](O)[C@H](C)O2)[C@H](C)[C@@H](O[C@@H]2O[C@H](C)CC[C@H]2O)[C@](C)(O)C1. The number of aliphatic hydroxyl groups excluding tert-OH is 4. The van der Waals surface area contributed by atoms with Gasteiger partial charge in [-0.1, -0.05) is 40.7 Å². The quantitative estimate of drug-likeness (QED) is 0.113. The maximum absolute atomic E-state index is 16.1. The molecule has 422 valence electrons. The third kappa shape index (κ3) is 10.9. The molecule has 17 nitrogen and oxygen atoms in total. The van der Waals surface area contributed by atoms with Gasteiger partial charge >= 0.3 is 5.97 Å². The molecule has 3 heterocycles. The van der Waals surface area contributed by atoms with Crippen LogP contribution >= 0.6 is 11.9 Å². The van der Waals surface area contributed by atoms with Gasteiger partial charge in [-0.25, -0.2) is 4.39 Å². The number of nitrogens with one attached hydrogen (secondary N) is 1. The average Bonchev–Trinajstić information content (AvgIpc) is 3.60. The van der Waals surface area contributed by atoms with Crippen LogP contribution in [0, 0.1) is 45.8 Å². The minimum absolute atomic E-state index is 0.00759. The Morgan fingerprint density at radius 2 is 1.61 bits per heavy atom. The number of rotatable bonds is 10. The summed E-state index contributed by atoms with van der Waals surface area (Å²) < 4.78 is 52.7. The number of halogens is 2. The maximum Gasteiger partial charge on any atom is 0.311 e. The largest absolute Gasteiger partial charge is 0.465 e. The van der Waals surface area contributed by atoms with E-state index in [2.05, 4.69) is 10.2 Å². The van der Waals surface area contributed by atoms with E-state index in [1.54, 1.807) is 40.7 Å². The Balaban J connectivity index is 1.07. The first-order valence-electron chi connectivity index (χ1n) is 27.3. The van der Waals surface area contributed by atoms with Gasteiger partial charge in [-0.2, -0.15) is 0 Å². The molecule has 4 aliphatic carbocycles. The lowest BCUT2D eigenvalue weighted by molar-refractivity contribution is -0.310. The molecule has 1 amide bonds. The summed E-state index contributed by atoms with van der Waals surface area (Å²) in [6.45, 7) is 20.6. The van der Waals surface area contributed by atoms with Crippen molar-refractivity contribution >= 4 is 29.5 Å². The van der Waals surface area contributed by atoms with E-state index in [-0.39, 0.29) is 81.3 Å². The average molecular weight is 1070 g/mol. The van der Waals surface area contributed by atoms with Crippen LogP contribution in [0.3, 0.4) is 0 Å². The standard InChI is InChI=1S/C55H88ClFN2O15/c1-29-25-52(9,67)46(73-48-41(62)14-13-30(2)70-48)31(3)44(72-43-27-53(10,74-56)45(64)34(6)71-43)32(4)47(65)69-22-17-40(61)33(5)59(28-29)21-12-20-58-49(66)55(68)19-16-36-37-24-39(57)38-23-35(60)15-18-50(38,7)54(37,11)42(63)26-51(36,55)8/h15,18,23,29-34,36-37,39-46,48,61-64,67-68H,12-14,16-17,19-22,24-28H2,1-11H3,(H,58,66)/t29-,30-,31+,32-,33-,34+,36?,37?,39+,40+,41-,42?,43+,44+,45+,46-,48+,50+,51+,52-,53-,54-,55+/m1/s1. The Kier molecular flexibility index (Phi) is 18.1. The van der Waals surface area contributed by atoms with Gasteiger partial charge in [-0.3, -0.25) is 23.6 Å². The summed E-state index contributed by atoms with van der Waals surface area (Å²) in [5, 5.41) is 74.0. The highest BCUT2D eigenvalue weighted by Crippen LogP contribution is 2.72. The summed E-state index contributed by atoms with van der Waals surface area (Å²) in [6, 6.07) is -0.478. The predicted octanol–water partition coefficient (Wildman–Crippen LogP) is 4.97. The van der Waals surface area contributed by atoms with E-state index in [0.717, 1.165) is 0 Å². The zero-order chi connectivity index (χ0) is 54.7. The number of ketones is 1. The second kappa shape index (κ2) is 22.5. The highest BCUT2D eigenvalue weighted by atomic mass is 35.5. The number of allylic oxidation sites excluding steroid dienone is 4. The molecule has 6 fully saturated rings. The van der Waals surface area contributed by atoms with Crippen molar-refractivity contribution in [3.8, 4) is 0 Å². The van der Waals surface area contributed by atoms with E-state index in [1.807, 2.05) is 41.5 Å². The molecular formula is C55H88ClFN2O15. The highest BCUT2D eigenvalue weighted by molar-refractivity contribution is 6.07. The molecule has 0 radical (unpaired) electrons. The van der Waals surface area contributed by atoms with Crippen molar-refractivity contribution < 1.29 is 77.4 Å². The van der Waals surface area contributed by atoms with Crippen molar-refractivity contribution in [2.24, 2.45) is 45.8 Å². The van der Waals surface area contributed by atoms with Crippen LogP contribution < -0.4 is 5.32 Å². The first-order valence-corrected chi connectivity index (χ1v) is 27.7. The van der Waals surface area contributed by atoms with E-state index in [4.69, 9.17) is 39.8 Å². The minimum atomic E-state index is -1.84. The lowest BCUT2D eigenvalue weighted by Gasteiger charge is -2.65. The number of ether oxygens (including phenoxy) is 5. The fraction of sp³-hybridized carbons (Fsp3) is 0.873. The summed E-state index contributed by atoms with van der Waals surface area (Å²) in [5.41, 5.74) is -7.23. The van der Waals surface area contributed by atoms with Gasteiger partial charge in [-0.15, -0.1) is 0 Å². The van der Waals surface area contributed by atoms with Crippen LogP contribution in [0.4, 0.5) is 4.39 Å². The zero-order valence-corrected chi connectivity index (χ0v) is 46.3. The second-order valence-corrected chi connectivity index (χ2v) is 25.0. The van der Waals surface area contributed by atoms with Crippen LogP contribution in [0.5, 0.6) is 0 Å². The zero-order valence-electron chi connectivity index (χ0n) is 45.5. The third-order valence-corrected chi connectivity index (χ3v) is 20.1. The molecule has 0 aromatic heterocycles. The van der Waals surface area contributed by atoms with Crippen LogP contribution in [0.1, 0.15) is 140 Å². The molecule has 19 heteroatoms. The molecule has 7 aliphatic rings. The molecule has 0 aromatic rings. The van der Waals surface area contributed by atoms with Crippen LogP contribution in [0.2, 0.25) is 0 Å². The normalized spacial score (nSPS) is 49.8. The summed E-state index contributed by atoms with van der Waals surface area (Å²) in [6.07, 6.45) is -3.77. The fourth-order valence-corrected chi connectivity index (χ4v) is 15.1. The molecule has 23 atom stereocenters. The van der Waals surface area contributed by atoms with E-state index in [0.29, 0.717) is 44.3 Å². The van der Waals surface area contributed by atoms with E-state index in [1.165, 1.54) is 12.2 Å². The molecule has 7 N–H and O–H groups in total. The van der Waals surface area contributed by atoms with Crippen molar-refractivity contribution in [3.63, 3.8) is 0 Å². The van der Waals surface area contributed by atoms with Gasteiger partial charge in [0.2, 0.25) is 0 Å². The van der Waals surface area contributed by atoms with Crippen molar-refractivity contribution in [3.05, 3.63) is 23.8 Å². The summed E-state index contributed by atoms with van der Waals surface area (Å²) >= 11 is 5.91. The lowest BCUT2D eigenvalue weighted by Crippen LogP contribution is -2.68. The molecule has 0 aromatic carbocycles. The highest BCUT2D eigenvalue weighted by Gasteiger charge is 2.73. The first-order chi connectivity index (χ1) is 34.5. The summed E-state index contributed by atoms with van der Waals surface area (Å²) in [4.78, 5) is 42.8. The number of fused-ring (bicyclic) bond motifs is 5. The third-order valence-electron chi connectivity index (χ3n) is 19.7. The molecular weight excluding hydrogens is 983 g/mol. The first kappa shape index (κ1) is 59.5. The van der Waals surface area contributed by atoms with Crippen molar-refractivity contribution in [1.82, 2.24) is 10.2 Å². The smallest absolute Gasteiger partial charge is 0.311 e.